The number of fused-ring (bicyclic) bond motifs is 1. The molecule has 0 aromatic carbocycles. The largest absolute Gasteiger partial charge is 0.465 e. The molecule has 0 bridgehead atoms. The number of carbonyl (C=O) groups excluding carboxylic acids is 2. The Hall–Kier alpha value is -1.36. The van der Waals surface area contributed by atoms with E-state index in [1.54, 1.807) is 11.3 Å². The third-order valence-corrected chi connectivity index (χ3v) is 5.53. The maximum absolute atomic E-state index is 12.2. The van der Waals surface area contributed by atoms with Gasteiger partial charge in [0.1, 0.15) is 5.00 Å². The lowest BCUT2D eigenvalue weighted by atomic mass is 9.96. The van der Waals surface area contributed by atoms with Gasteiger partial charge in [-0.2, -0.15) is 0 Å². The first kappa shape index (κ1) is 18.0. The van der Waals surface area contributed by atoms with Gasteiger partial charge in [0.25, 0.3) is 0 Å². The van der Waals surface area contributed by atoms with Crippen LogP contribution in [0.3, 0.4) is 0 Å². The van der Waals surface area contributed by atoms with Crippen molar-refractivity contribution >= 4 is 28.2 Å². The Morgan fingerprint density at radius 2 is 1.87 bits per heavy atom. The predicted octanol–water partition coefficient (Wildman–Crippen LogP) is 4.71. The molecule has 1 aromatic rings. The first-order chi connectivity index (χ1) is 11.2. The van der Waals surface area contributed by atoms with E-state index in [2.05, 4.69) is 12.2 Å². The molecule has 1 aromatic heterocycles. The lowest BCUT2D eigenvalue weighted by molar-refractivity contribution is -0.116. The summed E-state index contributed by atoms with van der Waals surface area (Å²) >= 11 is 1.56. The summed E-state index contributed by atoms with van der Waals surface area (Å²) < 4.78 is 4.97. The predicted molar refractivity (Wildman–Crippen MR) is 94.3 cm³/mol. The Labute approximate surface area is 142 Å². The minimum absolute atomic E-state index is 0.00201. The van der Waals surface area contributed by atoms with Crippen LogP contribution in [-0.2, 0) is 22.4 Å². The zero-order valence-electron chi connectivity index (χ0n) is 14.2. The SMILES string of the molecule is CCCCCC(=O)Nc1sc2c(c1C(=O)OC)CCCCCC2. The highest BCUT2D eigenvalue weighted by Gasteiger charge is 2.25. The van der Waals surface area contributed by atoms with Gasteiger partial charge < -0.3 is 10.1 Å². The summed E-state index contributed by atoms with van der Waals surface area (Å²) in [6, 6.07) is 0. The summed E-state index contributed by atoms with van der Waals surface area (Å²) in [6.07, 6.45) is 10.1. The third kappa shape index (κ3) is 4.80. The smallest absolute Gasteiger partial charge is 0.341 e. The van der Waals surface area contributed by atoms with E-state index < -0.39 is 0 Å². The molecule has 0 radical (unpaired) electrons. The molecule has 23 heavy (non-hydrogen) atoms. The van der Waals surface area contributed by atoms with Gasteiger partial charge in [0.2, 0.25) is 5.91 Å². The monoisotopic (exact) mass is 337 g/mol. The average molecular weight is 337 g/mol. The third-order valence-electron chi connectivity index (χ3n) is 4.32. The Morgan fingerprint density at radius 1 is 1.13 bits per heavy atom. The number of anilines is 1. The van der Waals surface area contributed by atoms with Crippen LogP contribution < -0.4 is 5.32 Å². The highest BCUT2D eigenvalue weighted by Crippen LogP contribution is 2.37. The van der Waals surface area contributed by atoms with Gasteiger partial charge in [-0.25, -0.2) is 4.79 Å². The van der Waals surface area contributed by atoms with Gasteiger partial charge in [-0.3, -0.25) is 4.79 Å². The van der Waals surface area contributed by atoms with E-state index in [9.17, 15) is 9.59 Å². The molecule has 0 unspecified atom stereocenters. The second-order valence-electron chi connectivity index (χ2n) is 6.12. The number of hydrogen-bond donors (Lipinski definition) is 1. The molecule has 2 rings (SSSR count). The molecule has 5 heteroatoms. The van der Waals surface area contributed by atoms with Crippen molar-refractivity contribution in [3.63, 3.8) is 0 Å². The minimum atomic E-state index is -0.327. The van der Waals surface area contributed by atoms with Crippen molar-refractivity contribution in [3.8, 4) is 0 Å². The van der Waals surface area contributed by atoms with Gasteiger partial charge in [-0.15, -0.1) is 11.3 Å². The molecule has 128 valence electrons. The molecule has 1 heterocycles. The van der Waals surface area contributed by atoms with Crippen molar-refractivity contribution < 1.29 is 14.3 Å². The lowest BCUT2D eigenvalue weighted by Gasteiger charge is -2.11. The van der Waals surface area contributed by atoms with Crippen molar-refractivity contribution in [3.05, 3.63) is 16.0 Å². The fourth-order valence-electron chi connectivity index (χ4n) is 3.05. The van der Waals surface area contributed by atoms with Gasteiger partial charge in [0, 0.05) is 11.3 Å². The highest BCUT2D eigenvalue weighted by atomic mass is 32.1. The van der Waals surface area contributed by atoms with E-state index in [-0.39, 0.29) is 11.9 Å². The summed E-state index contributed by atoms with van der Waals surface area (Å²) in [5, 5.41) is 3.65. The van der Waals surface area contributed by atoms with E-state index in [1.165, 1.54) is 24.8 Å². The summed E-state index contributed by atoms with van der Waals surface area (Å²) in [6.45, 7) is 2.12. The van der Waals surface area contributed by atoms with Crippen LogP contribution in [0, 0.1) is 0 Å². The van der Waals surface area contributed by atoms with Gasteiger partial charge in [0.15, 0.2) is 0 Å². The fourth-order valence-corrected chi connectivity index (χ4v) is 4.34. The number of ether oxygens (including phenoxy) is 1. The maximum Gasteiger partial charge on any atom is 0.341 e. The molecule has 0 fully saturated rings. The number of nitrogens with one attached hydrogen (secondary N) is 1. The van der Waals surface area contributed by atoms with Crippen LogP contribution in [0.2, 0.25) is 0 Å². The molecule has 1 N–H and O–H groups in total. The Bertz CT molecular complexity index is 551. The zero-order valence-corrected chi connectivity index (χ0v) is 15.0. The number of aryl methyl sites for hydroxylation is 1. The van der Waals surface area contributed by atoms with Crippen molar-refractivity contribution in [1.29, 1.82) is 0 Å². The highest BCUT2D eigenvalue weighted by molar-refractivity contribution is 7.17. The molecule has 1 amide bonds. The standard InChI is InChI=1S/C18H27NO3S/c1-3-4-7-12-15(20)19-17-16(18(21)22-2)13-10-8-5-6-9-11-14(13)23-17/h3-12H2,1-2H3,(H,19,20). The van der Waals surface area contributed by atoms with Crippen molar-refractivity contribution in [1.82, 2.24) is 0 Å². The first-order valence-electron chi connectivity index (χ1n) is 8.70. The summed E-state index contributed by atoms with van der Waals surface area (Å²) in [7, 11) is 1.40. The molecule has 0 atom stereocenters. The first-order valence-corrected chi connectivity index (χ1v) is 9.51. The normalized spacial score (nSPS) is 14.5. The number of unbranched alkanes of at least 4 members (excludes halogenated alkanes) is 2. The molecule has 1 aliphatic carbocycles. The van der Waals surface area contributed by atoms with Gasteiger partial charge >= 0.3 is 5.97 Å². The van der Waals surface area contributed by atoms with E-state index in [0.29, 0.717) is 17.0 Å². The lowest BCUT2D eigenvalue weighted by Crippen LogP contribution is -2.14. The number of amides is 1. The number of thiophene rings is 1. The summed E-state index contributed by atoms with van der Waals surface area (Å²) in [4.78, 5) is 25.6. The molecule has 1 aliphatic rings. The van der Waals surface area contributed by atoms with Crippen LogP contribution in [0.5, 0.6) is 0 Å². The Kier molecular flexibility index (Phi) is 7.09. The van der Waals surface area contributed by atoms with Gasteiger partial charge in [0.05, 0.1) is 12.7 Å². The van der Waals surface area contributed by atoms with Crippen molar-refractivity contribution in [2.24, 2.45) is 0 Å². The quantitative estimate of drug-likeness (QED) is 0.604. The van der Waals surface area contributed by atoms with Crippen LogP contribution in [0.25, 0.3) is 0 Å². The number of esters is 1. The second kappa shape index (κ2) is 9.06. The minimum Gasteiger partial charge on any atom is -0.465 e. The van der Waals surface area contributed by atoms with Crippen molar-refractivity contribution in [2.75, 3.05) is 12.4 Å². The van der Waals surface area contributed by atoms with Crippen LogP contribution in [0.15, 0.2) is 0 Å². The van der Waals surface area contributed by atoms with Crippen LogP contribution >= 0.6 is 11.3 Å². The van der Waals surface area contributed by atoms with Crippen LogP contribution in [0.4, 0.5) is 5.00 Å². The number of methoxy groups -OCH3 is 1. The maximum atomic E-state index is 12.2. The van der Waals surface area contributed by atoms with E-state index in [1.807, 2.05) is 0 Å². The Balaban J connectivity index is 2.21. The Morgan fingerprint density at radius 3 is 2.57 bits per heavy atom. The second-order valence-corrected chi connectivity index (χ2v) is 7.22. The van der Waals surface area contributed by atoms with Gasteiger partial charge in [-0.1, -0.05) is 32.6 Å². The topological polar surface area (TPSA) is 55.4 Å². The van der Waals surface area contributed by atoms with Crippen molar-refractivity contribution in [2.45, 2.75) is 71.1 Å². The molecule has 0 aliphatic heterocycles. The molecular formula is C18H27NO3S. The molecule has 4 nitrogen and oxygen atoms in total. The van der Waals surface area contributed by atoms with Crippen LogP contribution in [-0.4, -0.2) is 19.0 Å². The fraction of sp³-hybridized carbons (Fsp3) is 0.667. The van der Waals surface area contributed by atoms with Gasteiger partial charge in [-0.05, 0) is 37.7 Å². The number of carbonyl (C=O) groups is 2. The van der Waals surface area contributed by atoms with E-state index in [4.69, 9.17) is 4.74 Å². The molecule has 0 saturated heterocycles. The summed E-state index contributed by atoms with van der Waals surface area (Å²) in [5.41, 5.74) is 1.70. The number of rotatable bonds is 6. The van der Waals surface area contributed by atoms with E-state index >= 15 is 0 Å². The van der Waals surface area contributed by atoms with E-state index in [0.717, 1.165) is 50.5 Å². The summed E-state index contributed by atoms with van der Waals surface area (Å²) in [5.74, 6) is -0.329. The van der Waals surface area contributed by atoms with Crippen LogP contribution in [0.1, 0.15) is 79.1 Å². The molecular weight excluding hydrogens is 310 g/mol. The average Bonchev–Trinajstić information content (AvgIpc) is 2.83. The molecule has 0 saturated carbocycles. The zero-order chi connectivity index (χ0) is 16.7. The number of hydrogen-bond acceptors (Lipinski definition) is 4. The molecule has 0 spiro atoms.